The largest absolute Gasteiger partial charge is 0.461 e. The van der Waals surface area contributed by atoms with Gasteiger partial charge in [-0.25, -0.2) is 9.78 Å². The van der Waals surface area contributed by atoms with E-state index in [0.29, 0.717) is 12.5 Å². The Labute approximate surface area is 118 Å². The first-order valence-electron chi connectivity index (χ1n) is 6.73. The number of oxazole rings is 1. The molecule has 0 spiro atoms. The Bertz CT molecular complexity index is 562. The molecule has 106 valence electrons. The third-order valence-corrected chi connectivity index (χ3v) is 3.50. The molecule has 2 rings (SSSR count). The zero-order chi connectivity index (χ0) is 14.6. The van der Waals surface area contributed by atoms with Gasteiger partial charge in [-0.3, -0.25) is 0 Å². The number of allylic oxidation sites excluding steroid dienone is 5. The van der Waals surface area contributed by atoms with Crippen molar-refractivity contribution in [3.05, 3.63) is 54.3 Å². The molecule has 0 aliphatic heterocycles. The van der Waals surface area contributed by atoms with Gasteiger partial charge >= 0.3 is 5.97 Å². The van der Waals surface area contributed by atoms with Gasteiger partial charge in [0, 0.05) is 0 Å². The molecule has 0 unspecified atom stereocenters. The van der Waals surface area contributed by atoms with Crippen LogP contribution in [0, 0.1) is 0 Å². The second kappa shape index (κ2) is 5.90. The summed E-state index contributed by atoms with van der Waals surface area (Å²) in [5.41, 5.74) is 1.26. The number of nitrogens with zero attached hydrogens (tertiary/aromatic N) is 1. The van der Waals surface area contributed by atoms with Crippen LogP contribution in [0.15, 0.2) is 47.1 Å². The second-order valence-corrected chi connectivity index (χ2v) is 4.81. The number of hydrogen-bond acceptors (Lipinski definition) is 4. The lowest BCUT2D eigenvalue weighted by molar-refractivity contribution is 0.0519. The van der Waals surface area contributed by atoms with E-state index >= 15 is 0 Å². The molecule has 0 bridgehead atoms. The smallest absolute Gasteiger partial charge is 0.360 e. The molecule has 1 aliphatic carbocycles. The van der Waals surface area contributed by atoms with E-state index in [4.69, 9.17) is 9.15 Å². The van der Waals surface area contributed by atoms with Crippen molar-refractivity contribution >= 4 is 5.97 Å². The normalized spacial score (nSPS) is 17.2. The molecule has 0 saturated heterocycles. The molecule has 1 aliphatic rings. The van der Waals surface area contributed by atoms with Crippen LogP contribution in [0.1, 0.15) is 43.1 Å². The number of carbonyl (C=O) groups is 1. The number of esters is 1. The van der Waals surface area contributed by atoms with E-state index in [1.807, 2.05) is 18.2 Å². The van der Waals surface area contributed by atoms with Crippen molar-refractivity contribution < 1.29 is 13.9 Å². The summed E-state index contributed by atoms with van der Waals surface area (Å²) in [6.07, 6.45) is 10.9. The standard InChI is InChI=1S/C16H19NO3/c1-4-6-7-8-12(3)16(9-10-16)15-17-13(11-20-15)14(18)19-5-2/h4,6-8,11H,1,5,9-10H2,2-3H3/b7-6-,12-8+. The summed E-state index contributed by atoms with van der Waals surface area (Å²) in [6, 6.07) is 0. The van der Waals surface area contributed by atoms with Gasteiger partial charge in [0.05, 0.1) is 12.0 Å². The summed E-state index contributed by atoms with van der Waals surface area (Å²) in [5, 5.41) is 0. The first-order valence-corrected chi connectivity index (χ1v) is 6.73. The van der Waals surface area contributed by atoms with E-state index in [1.165, 1.54) is 11.8 Å². The minimum Gasteiger partial charge on any atom is -0.461 e. The second-order valence-electron chi connectivity index (χ2n) is 4.81. The molecule has 4 heteroatoms. The van der Waals surface area contributed by atoms with Crippen molar-refractivity contribution in [3.63, 3.8) is 0 Å². The Balaban J connectivity index is 2.19. The monoisotopic (exact) mass is 273 g/mol. The predicted molar refractivity (Wildman–Crippen MR) is 76.5 cm³/mol. The van der Waals surface area contributed by atoms with Crippen molar-refractivity contribution in [1.82, 2.24) is 4.98 Å². The minimum absolute atomic E-state index is 0.156. The summed E-state index contributed by atoms with van der Waals surface area (Å²) in [7, 11) is 0. The van der Waals surface area contributed by atoms with E-state index in [0.717, 1.165) is 12.8 Å². The SMILES string of the molecule is C=C/C=C\C=C(/C)C1(c2nc(C(=O)OCC)co2)CC1. The molecular weight excluding hydrogens is 254 g/mol. The zero-order valence-corrected chi connectivity index (χ0v) is 11.9. The molecular formula is C16H19NO3. The Morgan fingerprint density at radius 3 is 2.90 bits per heavy atom. The molecule has 1 aromatic rings. The van der Waals surface area contributed by atoms with Crippen molar-refractivity contribution in [2.75, 3.05) is 6.61 Å². The van der Waals surface area contributed by atoms with Gasteiger partial charge in [-0.05, 0) is 26.7 Å². The van der Waals surface area contributed by atoms with Crippen molar-refractivity contribution in [2.24, 2.45) is 0 Å². The predicted octanol–water partition coefficient (Wildman–Crippen LogP) is 3.57. The molecule has 20 heavy (non-hydrogen) atoms. The van der Waals surface area contributed by atoms with Gasteiger partial charge in [-0.2, -0.15) is 0 Å². The number of carbonyl (C=O) groups excluding carboxylic acids is 1. The van der Waals surface area contributed by atoms with Crippen molar-refractivity contribution in [3.8, 4) is 0 Å². The molecule has 4 nitrogen and oxygen atoms in total. The first kappa shape index (κ1) is 14.3. The number of aromatic nitrogens is 1. The first-order chi connectivity index (χ1) is 9.64. The molecule has 1 saturated carbocycles. The fourth-order valence-corrected chi connectivity index (χ4v) is 2.13. The third-order valence-electron chi connectivity index (χ3n) is 3.50. The molecule has 1 aromatic heterocycles. The maximum Gasteiger partial charge on any atom is 0.360 e. The summed E-state index contributed by atoms with van der Waals surface area (Å²) in [4.78, 5) is 15.9. The van der Waals surface area contributed by atoms with Crippen LogP contribution < -0.4 is 0 Å². The summed E-state index contributed by atoms with van der Waals surface area (Å²) < 4.78 is 10.4. The maximum atomic E-state index is 11.6. The lowest BCUT2D eigenvalue weighted by Crippen LogP contribution is -2.10. The number of ether oxygens (including phenoxy) is 1. The molecule has 1 heterocycles. The molecule has 0 radical (unpaired) electrons. The van der Waals surface area contributed by atoms with Crippen LogP contribution in [0.3, 0.4) is 0 Å². The van der Waals surface area contributed by atoms with Crippen molar-refractivity contribution in [1.29, 1.82) is 0 Å². The average Bonchev–Trinajstić information content (AvgIpc) is 3.10. The molecule has 0 N–H and O–H groups in total. The van der Waals surface area contributed by atoms with Crippen molar-refractivity contribution in [2.45, 2.75) is 32.1 Å². The highest BCUT2D eigenvalue weighted by Crippen LogP contribution is 2.53. The Hall–Kier alpha value is -2.10. The number of hydrogen-bond donors (Lipinski definition) is 0. The van der Waals surface area contributed by atoms with E-state index in [2.05, 4.69) is 18.5 Å². The average molecular weight is 273 g/mol. The molecule has 1 fully saturated rings. The Morgan fingerprint density at radius 1 is 1.55 bits per heavy atom. The fourth-order valence-electron chi connectivity index (χ4n) is 2.13. The minimum atomic E-state index is -0.438. The van der Waals surface area contributed by atoms with Gasteiger partial charge in [-0.15, -0.1) is 0 Å². The van der Waals surface area contributed by atoms with E-state index in [1.54, 1.807) is 13.0 Å². The van der Waals surface area contributed by atoms with Gasteiger partial charge in [0.2, 0.25) is 5.89 Å². The van der Waals surface area contributed by atoms with E-state index < -0.39 is 5.97 Å². The van der Waals surface area contributed by atoms with Crippen LogP contribution in [0.5, 0.6) is 0 Å². The van der Waals surface area contributed by atoms with Crippen LogP contribution in [-0.4, -0.2) is 17.6 Å². The third kappa shape index (κ3) is 2.74. The number of rotatable bonds is 6. The van der Waals surface area contributed by atoms with Crippen LogP contribution in [0.4, 0.5) is 0 Å². The van der Waals surface area contributed by atoms with Crippen LogP contribution in [0.2, 0.25) is 0 Å². The van der Waals surface area contributed by atoms with Gasteiger partial charge in [0.15, 0.2) is 5.69 Å². The molecule has 0 aromatic carbocycles. The zero-order valence-electron chi connectivity index (χ0n) is 11.9. The summed E-state index contributed by atoms with van der Waals surface area (Å²) >= 11 is 0. The van der Waals surface area contributed by atoms with Gasteiger partial charge in [0.1, 0.15) is 6.26 Å². The Morgan fingerprint density at radius 2 is 2.30 bits per heavy atom. The molecule has 0 amide bonds. The van der Waals surface area contributed by atoms with E-state index in [-0.39, 0.29) is 11.1 Å². The fraction of sp³-hybridized carbons (Fsp3) is 0.375. The van der Waals surface area contributed by atoms with E-state index in [9.17, 15) is 4.79 Å². The highest BCUT2D eigenvalue weighted by molar-refractivity contribution is 5.86. The summed E-state index contributed by atoms with van der Waals surface area (Å²) in [6.45, 7) is 7.78. The highest BCUT2D eigenvalue weighted by Gasteiger charge is 2.50. The molecule has 0 atom stereocenters. The Kier molecular flexibility index (Phi) is 4.23. The summed E-state index contributed by atoms with van der Waals surface area (Å²) in [5.74, 6) is 0.160. The topological polar surface area (TPSA) is 52.3 Å². The lowest BCUT2D eigenvalue weighted by Gasteiger charge is -2.10. The van der Waals surface area contributed by atoms with Crippen LogP contribution >= 0.6 is 0 Å². The highest BCUT2D eigenvalue weighted by atomic mass is 16.5. The maximum absolute atomic E-state index is 11.6. The lowest BCUT2D eigenvalue weighted by atomic mass is 9.96. The van der Waals surface area contributed by atoms with Gasteiger partial charge in [-0.1, -0.05) is 36.5 Å². The van der Waals surface area contributed by atoms with Gasteiger partial charge < -0.3 is 9.15 Å². The quantitative estimate of drug-likeness (QED) is 0.587. The van der Waals surface area contributed by atoms with Crippen LogP contribution in [0.25, 0.3) is 0 Å². The van der Waals surface area contributed by atoms with Gasteiger partial charge in [0.25, 0.3) is 0 Å². The van der Waals surface area contributed by atoms with Crippen LogP contribution in [-0.2, 0) is 10.2 Å².